The quantitative estimate of drug-likeness (QED) is 0.262. The van der Waals surface area contributed by atoms with Gasteiger partial charge in [0, 0.05) is 6.54 Å². The van der Waals surface area contributed by atoms with Gasteiger partial charge in [0.1, 0.15) is 0 Å². The standard InChI is InChI=1S/C14H27NO4/c1-2-3-4-5-6-7-8-9-10-11-12-15-13(16)14(17)19-18/h18H,2-12H2,1H3,(H,15,16). The van der Waals surface area contributed by atoms with Gasteiger partial charge in [-0.25, -0.2) is 4.79 Å². The molecule has 0 aromatic rings. The van der Waals surface area contributed by atoms with Gasteiger partial charge in [-0.2, -0.15) is 5.26 Å². The number of nitrogens with one attached hydrogen (secondary N) is 1. The van der Waals surface area contributed by atoms with E-state index in [2.05, 4.69) is 17.1 Å². The second-order valence-corrected chi connectivity index (χ2v) is 4.82. The lowest BCUT2D eigenvalue weighted by atomic mass is 10.1. The summed E-state index contributed by atoms with van der Waals surface area (Å²) in [6.45, 7) is 2.67. The summed E-state index contributed by atoms with van der Waals surface area (Å²) in [5.41, 5.74) is 0. The van der Waals surface area contributed by atoms with Gasteiger partial charge in [0.05, 0.1) is 0 Å². The molecule has 0 aromatic carbocycles. The predicted molar refractivity (Wildman–Crippen MR) is 73.6 cm³/mol. The summed E-state index contributed by atoms with van der Waals surface area (Å²) in [6, 6.07) is 0. The average Bonchev–Trinajstić information content (AvgIpc) is 2.43. The van der Waals surface area contributed by atoms with Crippen LogP contribution in [0.25, 0.3) is 0 Å². The second-order valence-electron chi connectivity index (χ2n) is 4.82. The van der Waals surface area contributed by atoms with Gasteiger partial charge < -0.3 is 5.32 Å². The third kappa shape index (κ3) is 11.7. The molecule has 5 heteroatoms. The Morgan fingerprint density at radius 2 is 1.37 bits per heavy atom. The lowest BCUT2D eigenvalue weighted by Gasteiger charge is -2.03. The van der Waals surface area contributed by atoms with Crippen molar-refractivity contribution in [2.45, 2.75) is 71.1 Å². The van der Waals surface area contributed by atoms with Crippen LogP contribution in [0.1, 0.15) is 71.1 Å². The summed E-state index contributed by atoms with van der Waals surface area (Å²) in [7, 11) is 0. The molecule has 0 atom stereocenters. The smallest absolute Gasteiger partial charge is 0.346 e. The molecule has 0 heterocycles. The Morgan fingerprint density at radius 3 is 1.84 bits per heavy atom. The molecule has 5 nitrogen and oxygen atoms in total. The summed E-state index contributed by atoms with van der Waals surface area (Å²) in [6.07, 6.45) is 12.2. The zero-order valence-corrected chi connectivity index (χ0v) is 12.0. The van der Waals surface area contributed by atoms with E-state index in [0.29, 0.717) is 6.54 Å². The third-order valence-electron chi connectivity index (χ3n) is 3.08. The van der Waals surface area contributed by atoms with Crippen molar-refractivity contribution in [2.24, 2.45) is 0 Å². The number of amides is 1. The van der Waals surface area contributed by atoms with E-state index in [1.54, 1.807) is 0 Å². The van der Waals surface area contributed by atoms with Crippen molar-refractivity contribution in [1.29, 1.82) is 0 Å². The normalized spacial score (nSPS) is 10.2. The minimum atomic E-state index is -1.26. The molecule has 0 fully saturated rings. The first-order chi connectivity index (χ1) is 9.22. The van der Waals surface area contributed by atoms with Gasteiger partial charge in [0.15, 0.2) is 0 Å². The molecule has 1 amide bonds. The highest BCUT2D eigenvalue weighted by Crippen LogP contribution is 2.10. The van der Waals surface area contributed by atoms with E-state index in [9.17, 15) is 9.59 Å². The number of carbonyl (C=O) groups is 2. The SMILES string of the molecule is CCCCCCCCCCCCNC(=O)C(=O)OO. The minimum absolute atomic E-state index is 0.449. The number of hydrogen-bond acceptors (Lipinski definition) is 4. The Balaban J connectivity index is 3.15. The van der Waals surface area contributed by atoms with Gasteiger partial charge in [0.25, 0.3) is 0 Å². The van der Waals surface area contributed by atoms with Crippen molar-refractivity contribution >= 4 is 11.9 Å². The van der Waals surface area contributed by atoms with Crippen LogP contribution in [0.2, 0.25) is 0 Å². The molecule has 19 heavy (non-hydrogen) atoms. The Bertz CT molecular complexity index is 244. The van der Waals surface area contributed by atoms with Crippen LogP contribution in [-0.4, -0.2) is 23.7 Å². The second kappa shape index (κ2) is 13.3. The van der Waals surface area contributed by atoms with Crippen LogP contribution in [-0.2, 0) is 14.5 Å². The van der Waals surface area contributed by atoms with Crippen molar-refractivity contribution in [1.82, 2.24) is 5.32 Å². The van der Waals surface area contributed by atoms with Gasteiger partial charge in [-0.05, 0) is 6.42 Å². The highest BCUT2D eigenvalue weighted by Gasteiger charge is 2.13. The van der Waals surface area contributed by atoms with Crippen molar-refractivity contribution in [3.8, 4) is 0 Å². The van der Waals surface area contributed by atoms with Gasteiger partial charge in [-0.1, -0.05) is 64.7 Å². The van der Waals surface area contributed by atoms with E-state index in [1.807, 2.05) is 0 Å². The molecule has 0 bridgehead atoms. The van der Waals surface area contributed by atoms with Crippen molar-refractivity contribution < 1.29 is 19.7 Å². The van der Waals surface area contributed by atoms with Gasteiger partial charge in [0.2, 0.25) is 0 Å². The fourth-order valence-corrected chi connectivity index (χ4v) is 1.93. The first-order valence-electron chi connectivity index (χ1n) is 7.36. The molecule has 0 spiro atoms. The molecule has 0 saturated carbocycles. The van der Waals surface area contributed by atoms with E-state index in [1.165, 1.54) is 44.9 Å². The molecular formula is C14H27NO4. The summed E-state index contributed by atoms with van der Waals surface area (Å²) in [4.78, 5) is 24.7. The first kappa shape index (κ1) is 17.9. The highest BCUT2D eigenvalue weighted by molar-refractivity contribution is 6.32. The Hall–Kier alpha value is -1.10. The van der Waals surface area contributed by atoms with E-state index < -0.39 is 11.9 Å². The summed E-state index contributed by atoms with van der Waals surface area (Å²) in [5.74, 6) is -2.15. The molecule has 0 saturated heterocycles. The molecule has 0 radical (unpaired) electrons. The van der Waals surface area contributed by atoms with Gasteiger partial charge >= 0.3 is 11.9 Å². The van der Waals surface area contributed by atoms with Crippen LogP contribution >= 0.6 is 0 Å². The van der Waals surface area contributed by atoms with E-state index in [-0.39, 0.29) is 0 Å². The molecule has 0 aliphatic carbocycles. The number of rotatable bonds is 11. The molecule has 112 valence electrons. The first-order valence-corrected chi connectivity index (χ1v) is 7.36. The monoisotopic (exact) mass is 273 g/mol. The van der Waals surface area contributed by atoms with E-state index in [4.69, 9.17) is 5.26 Å². The lowest BCUT2D eigenvalue weighted by Crippen LogP contribution is -2.32. The topological polar surface area (TPSA) is 75.6 Å². The van der Waals surface area contributed by atoms with Crippen LogP contribution in [0.15, 0.2) is 0 Å². The maximum Gasteiger partial charge on any atom is 0.429 e. The summed E-state index contributed by atoms with van der Waals surface area (Å²) >= 11 is 0. The summed E-state index contributed by atoms with van der Waals surface area (Å²) in [5, 5.41) is 10.4. The average molecular weight is 273 g/mol. The minimum Gasteiger partial charge on any atom is -0.346 e. The van der Waals surface area contributed by atoms with Crippen molar-refractivity contribution in [3.05, 3.63) is 0 Å². The van der Waals surface area contributed by atoms with Crippen LogP contribution in [0.3, 0.4) is 0 Å². The fourth-order valence-electron chi connectivity index (χ4n) is 1.93. The fraction of sp³-hybridized carbons (Fsp3) is 0.857. The molecule has 0 aliphatic heterocycles. The zero-order chi connectivity index (χ0) is 14.3. The maximum atomic E-state index is 10.9. The van der Waals surface area contributed by atoms with Gasteiger partial charge in [-0.15, -0.1) is 0 Å². The van der Waals surface area contributed by atoms with Crippen molar-refractivity contribution in [2.75, 3.05) is 6.54 Å². The Labute approximate surface area is 115 Å². The third-order valence-corrected chi connectivity index (χ3v) is 3.08. The zero-order valence-electron chi connectivity index (χ0n) is 12.0. The molecule has 2 N–H and O–H groups in total. The molecular weight excluding hydrogens is 246 g/mol. The highest BCUT2D eigenvalue weighted by atomic mass is 17.1. The molecule has 0 rings (SSSR count). The van der Waals surface area contributed by atoms with E-state index >= 15 is 0 Å². The molecule has 0 aliphatic rings. The Kier molecular flexibility index (Phi) is 12.6. The van der Waals surface area contributed by atoms with Crippen LogP contribution in [0.5, 0.6) is 0 Å². The van der Waals surface area contributed by atoms with Gasteiger partial charge in [-0.3, -0.25) is 9.68 Å². The van der Waals surface area contributed by atoms with E-state index in [0.717, 1.165) is 19.3 Å². The predicted octanol–water partition coefficient (Wildman–Crippen LogP) is 3.04. The molecule has 0 unspecified atom stereocenters. The largest absolute Gasteiger partial charge is 0.429 e. The number of hydrogen-bond donors (Lipinski definition) is 2. The Morgan fingerprint density at radius 1 is 0.895 bits per heavy atom. The van der Waals surface area contributed by atoms with Crippen LogP contribution < -0.4 is 5.32 Å². The van der Waals surface area contributed by atoms with Crippen LogP contribution in [0, 0.1) is 0 Å². The number of carbonyl (C=O) groups excluding carboxylic acids is 2. The number of unbranched alkanes of at least 4 members (excludes halogenated alkanes) is 9. The van der Waals surface area contributed by atoms with Crippen LogP contribution in [0.4, 0.5) is 0 Å². The van der Waals surface area contributed by atoms with Crippen molar-refractivity contribution in [3.63, 3.8) is 0 Å². The summed E-state index contributed by atoms with van der Waals surface area (Å²) < 4.78 is 0. The molecule has 0 aromatic heterocycles. The maximum absolute atomic E-state index is 10.9. The lowest BCUT2D eigenvalue weighted by molar-refractivity contribution is -0.232.